The summed E-state index contributed by atoms with van der Waals surface area (Å²) >= 11 is 0. The van der Waals surface area contributed by atoms with E-state index in [2.05, 4.69) is 0 Å². The van der Waals surface area contributed by atoms with E-state index in [4.69, 9.17) is 4.42 Å². The van der Waals surface area contributed by atoms with Crippen molar-refractivity contribution in [1.82, 2.24) is 0 Å². The molecule has 1 fully saturated rings. The zero-order valence-corrected chi connectivity index (χ0v) is 17.3. The number of fused-ring (bicyclic) bond motifs is 1. The minimum atomic E-state index is -0.591. The second kappa shape index (κ2) is 10.4. The van der Waals surface area contributed by atoms with Crippen LogP contribution in [0.15, 0.2) is 34.9 Å². The van der Waals surface area contributed by atoms with E-state index >= 15 is 0 Å². The second-order valence-corrected chi connectivity index (χ2v) is 8.66. The number of benzene rings is 1. The predicted octanol–water partition coefficient (Wildman–Crippen LogP) is 4.53. The van der Waals surface area contributed by atoms with Gasteiger partial charge in [-0.25, -0.2) is 0 Å². The Hall–Kier alpha value is -1.69. The number of aliphatic hydroxyl groups excluding tert-OH is 3. The third-order valence-corrected chi connectivity index (χ3v) is 6.47. The van der Waals surface area contributed by atoms with Crippen LogP contribution >= 0.6 is 0 Å². The predicted molar refractivity (Wildman–Crippen MR) is 112 cm³/mol. The number of aliphatic hydroxyl groups is 3. The van der Waals surface area contributed by atoms with Gasteiger partial charge in [-0.15, -0.1) is 0 Å². The van der Waals surface area contributed by atoms with E-state index in [-0.39, 0.29) is 17.6 Å². The molecule has 1 saturated carbocycles. The van der Waals surface area contributed by atoms with Gasteiger partial charge in [0.1, 0.15) is 11.4 Å². The molecular weight excluding hydrogens is 368 g/mol. The van der Waals surface area contributed by atoms with Crippen molar-refractivity contribution in [3.8, 4) is 0 Å². The zero-order valence-electron chi connectivity index (χ0n) is 17.3. The van der Waals surface area contributed by atoms with E-state index in [9.17, 15) is 20.1 Å². The summed E-state index contributed by atoms with van der Waals surface area (Å²) in [5.74, 6) is 0.348. The summed E-state index contributed by atoms with van der Waals surface area (Å²) in [5, 5.41) is 32.4. The summed E-state index contributed by atoms with van der Waals surface area (Å²) in [4.78, 5) is 11.0. The SMILES string of the molecule is CC(=O)CCCCCC[C@@H]1[C@@H](CCC(O)c2ccc3occc3c2)[C@H](O)C[C@@H]1O. The number of ketones is 1. The average molecular weight is 403 g/mol. The van der Waals surface area contributed by atoms with Crippen molar-refractivity contribution in [2.45, 2.75) is 83.0 Å². The van der Waals surface area contributed by atoms with Crippen LogP contribution < -0.4 is 0 Å². The molecule has 1 aliphatic rings. The molecule has 2 aromatic rings. The minimum Gasteiger partial charge on any atom is -0.464 e. The molecule has 0 saturated heterocycles. The van der Waals surface area contributed by atoms with Crippen molar-refractivity contribution in [3.05, 3.63) is 36.1 Å². The van der Waals surface area contributed by atoms with Crippen LogP contribution in [-0.4, -0.2) is 33.3 Å². The molecule has 0 spiro atoms. The summed E-state index contributed by atoms with van der Waals surface area (Å²) in [5.41, 5.74) is 1.66. The van der Waals surface area contributed by atoms with Crippen LogP contribution in [0.4, 0.5) is 0 Å². The topological polar surface area (TPSA) is 90.9 Å². The van der Waals surface area contributed by atoms with Crippen molar-refractivity contribution >= 4 is 16.8 Å². The summed E-state index contributed by atoms with van der Waals surface area (Å²) < 4.78 is 5.35. The number of carbonyl (C=O) groups excluding carboxylic acids is 1. The Morgan fingerprint density at radius 2 is 1.79 bits per heavy atom. The smallest absolute Gasteiger partial charge is 0.133 e. The van der Waals surface area contributed by atoms with Crippen molar-refractivity contribution in [1.29, 1.82) is 0 Å². The zero-order chi connectivity index (χ0) is 20.8. The Morgan fingerprint density at radius 1 is 1.07 bits per heavy atom. The molecule has 0 bridgehead atoms. The third-order valence-electron chi connectivity index (χ3n) is 6.47. The van der Waals surface area contributed by atoms with Gasteiger partial charge in [-0.05, 0) is 74.6 Å². The number of furan rings is 1. The molecule has 1 heterocycles. The van der Waals surface area contributed by atoms with Crippen LogP contribution in [0.2, 0.25) is 0 Å². The van der Waals surface area contributed by atoms with Gasteiger partial charge in [0.05, 0.1) is 24.6 Å². The quantitative estimate of drug-likeness (QED) is 0.480. The first-order chi connectivity index (χ1) is 14.0. The molecule has 1 aromatic carbocycles. The highest BCUT2D eigenvalue weighted by molar-refractivity contribution is 5.77. The largest absolute Gasteiger partial charge is 0.464 e. The number of Topliss-reactive ketones (excluding diaryl/α,β-unsaturated/α-hetero) is 1. The van der Waals surface area contributed by atoms with Crippen LogP contribution in [0.1, 0.15) is 76.4 Å². The van der Waals surface area contributed by atoms with Gasteiger partial charge in [0.25, 0.3) is 0 Å². The van der Waals surface area contributed by atoms with E-state index in [1.807, 2.05) is 24.3 Å². The minimum absolute atomic E-state index is 0.0227. The molecule has 160 valence electrons. The molecular formula is C24H34O5. The van der Waals surface area contributed by atoms with Crippen LogP contribution in [0.3, 0.4) is 0 Å². The standard InChI is InChI=1S/C24H34O5/c1-16(25)6-4-2-3-5-7-19-20(23(28)15-22(19)27)9-10-21(26)17-8-11-24-18(14-17)12-13-29-24/h8,11-14,19-23,26-28H,2-7,9-10,15H2,1H3/t19-,20-,21?,22+,23-/m1/s1. The number of unbranched alkanes of at least 4 members (excludes halogenated alkanes) is 3. The van der Waals surface area contributed by atoms with Crippen LogP contribution in [0.5, 0.6) is 0 Å². The van der Waals surface area contributed by atoms with Gasteiger partial charge in [0, 0.05) is 11.8 Å². The van der Waals surface area contributed by atoms with Gasteiger partial charge < -0.3 is 24.5 Å². The Bertz CT molecular complexity index is 782. The third kappa shape index (κ3) is 5.91. The fraction of sp³-hybridized carbons (Fsp3) is 0.625. The molecule has 1 aliphatic carbocycles. The number of hydrogen-bond donors (Lipinski definition) is 3. The van der Waals surface area contributed by atoms with E-state index in [0.29, 0.717) is 25.7 Å². The Morgan fingerprint density at radius 3 is 2.55 bits per heavy atom. The highest BCUT2D eigenvalue weighted by Crippen LogP contribution is 2.40. The van der Waals surface area contributed by atoms with Crippen LogP contribution in [0, 0.1) is 11.8 Å². The summed E-state index contributed by atoms with van der Waals surface area (Å²) in [6.45, 7) is 1.63. The maximum absolute atomic E-state index is 11.0. The van der Waals surface area contributed by atoms with Gasteiger partial charge in [-0.3, -0.25) is 0 Å². The van der Waals surface area contributed by atoms with Crippen molar-refractivity contribution in [2.75, 3.05) is 0 Å². The fourth-order valence-corrected chi connectivity index (χ4v) is 4.80. The molecule has 5 atom stereocenters. The lowest BCUT2D eigenvalue weighted by molar-refractivity contribution is -0.117. The van der Waals surface area contributed by atoms with Crippen molar-refractivity contribution in [2.24, 2.45) is 11.8 Å². The van der Waals surface area contributed by atoms with Gasteiger partial charge in [-0.1, -0.05) is 25.3 Å². The lowest BCUT2D eigenvalue weighted by atomic mass is 9.84. The van der Waals surface area contributed by atoms with Crippen LogP contribution in [-0.2, 0) is 4.79 Å². The Kier molecular flexibility index (Phi) is 7.87. The molecule has 1 aromatic heterocycles. The van der Waals surface area contributed by atoms with E-state index < -0.39 is 18.3 Å². The molecule has 5 heteroatoms. The average Bonchev–Trinajstić information content (AvgIpc) is 3.25. The van der Waals surface area contributed by atoms with E-state index in [0.717, 1.165) is 48.6 Å². The van der Waals surface area contributed by atoms with Gasteiger partial charge >= 0.3 is 0 Å². The lowest BCUT2D eigenvalue weighted by Gasteiger charge is -2.24. The lowest BCUT2D eigenvalue weighted by Crippen LogP contribution is -2.23. The molecule has 0 aliphatic heterocycles. The summed E-state index contributed by atoms with van der Waals surface area (Å²) in [6, 6.07) is 7.59. The molecule has 1 unspecified atom stereocenters. The van der Waals surface area contributed by atoms with Gasteiger partial charge in [0.15, 0.2) is 0 Å². The fourth-order valence-electron chi connectivity index (χ4n) is 4.80. The maximum atomic E-state index is 11.0. The number of hydrogen-bond acceptors (Lipinski definition) is 5. The second-order valence-electron chi connectivity index (χ2n) is 8.66. The maximum Gasteiger partial charge on any atom is 0.133 e. The summed E-state index contributed by atoms with van der Waals surface area (Å²) in [7, 11) is 0. The van der Waals surface area contributed by atoms with Crippen molar-refractivity contribution in [3.63, 3.8) is 0 Å². The molecule has 29 heavy (non-hydrogen) atoms. The molecule has 3 rings (SSSR count). The van der Waals surface area contributed by atoms with E-state index in [1.54, 1.807) is 13.2 Å². The normalized spacial score (nSPS) is 25.5. The van der Waals surface area contributed by atoms with Gasteiger partial charge in [-0.2, -0.15) is 0 Å². The highest BCUT2D eigenvalue weighted by atomic mass is 16.3. The van der Waals surface area contributed by atoms with Crippen LogP contribution in [0.25, 0.3) is 11.0 Å². The first-order valence-electron chi connectivity index (χ1n) is 11.0. The number of carbonyl (C=O) groups is 1. The highest BCUT2D eigenvalue weighted by Gasteiger charge is 2.40. The molecule has 5 nitrogen and oxygen atoms in total. The van der Waals surface area contributed by atoms with Crippen molar-refractivity contribution < 1.29 is 24.5 Å². The first kappa shape index (κ1) is 22.0. The van der Waals surface area contributed by atoms with Gasteiger partial charge in [0.2, 0.25) is 0 Å². The van der Waals surface area contributed by atoms with E-state index in [1.165, 1.54) is 0 Å². The number of rotatable bonds is 11. The Balaban J connectivity index is 1.48. The molecule has 3 N–H and O–H groups in total. The molecule has 0 amide bonds. The summed E-state index contributed by atoms with van der Waals surface area (Å²) in [6.07, 6.45) is 7.32. The monoisotopic (exact) mass is 402 g/mol. The molecule has 0 radical (unpaired) electrons. The Labute approximate surface area is 172 Å². The first-order valence-corrected chi connectivity index (χ1v) is 11.0.